The Labute approximate surface area is 305 Å². The fourth-order valence-electron chi connectivity index (χ4n) is 8.58. The Balaban J connectivity index is 1.23. The molecule has 1 heteroatoms. The number of benzene rings is 10. The van der Waals surface area contributed by atoms with Gasteiger partial charge in [-0.15, -0.1) is 0 Å². The Morgan fingerprint density at radius 1 is 0.269 bits per heavy atom. The van der Waals surface area contributed by atoms with Gasteiger partial charge in [-0.1, -0.05) is 201 Å². The Morgan fingerprint density at radius 2 is 0.635 bits per heavy atom. The van der Waals surface area contributed by atoms with Crippen molar-refractivity contribution in [2.45, 2.75) is 6.55 Å². The minimum absolute atomic E-state index is 1.25. The number of fused-ring (bicyclic) bond motifs is 5. The van der Waals surface area contributed by atoms with Crippen LogP contribution in [0, 0.1) is 0 Å². The van der Waals surface area contributed by atoms with Crippen LogP contribution in [0.15, 0.2) is 200 Å². The molecule has 0 aliphatic heterocycles. The molecule has 0 saturated heterocycles. The zero-order valence-corrected chi connectivity index (χ0v) is 30.1. The van der Waals surface area contributed by atoms with Crippen LogP contribution in [0.25, 0.3) is 76.1 Å². The molecule has 0 radical (unpaired) electrons. The molecule has 0 spiro atoms. The lowest BCUT2D eigenvalue weighted by atomic mass is 9.85. The highest BCUT2D eigenvalue weighted by Gasteiger charge is 2.35. The zero-order chi connectivity index (χ0) is 34.6. The summed E-state index contributed by atoms with van der Waals surface area (Å²) in [4.78, 5) is 0. The second-order valence-electron chi connectivity index (χ2n) is 14.2. The van der Waals surface area contributed by atoms with E-state index in [0.717, 1.165) is 0 Å². The van der Waals surface area contributed by atoms with Gasteiger partial charge in [0, 0.05) is 0 Å². The molecule has 10 aromatic carbocycles. The summed E-state index contributed by atoms with van der Waals surface area (Å²) < 4.78 is 0. The van der Waals surface area contributed by atoms with Gasteiger partial charge in [0.25, 0.3) is 0 Å². The molecule has 0 aliphatic carbocycles. The quantitative estimate of drug-likeness (QED) is 0.0967. The van der Waals surface area contributed by atoms with E-state index in [0.29, 0.717) is 0 Å². The average molecular weight is 677 g/mol. The third kappa shape index (κ3) is 4.89. The van der Waals surface area contributed by atoms with Gasteiger partial charge < -0.3 is 0 Å². The van der Waals surface area contributed by atoms with Crippen molar-refractivity contribution < 1.29 is 0 Å². The Morgan fingerprint density at radius 3 is 1.12 bits per heavy atom. The lowest BCUT2D eigenvalue weighted by Gasteiger charge is -2.31. The molecule has 0 N–H and O–H groups in total. The largest absolute Gasteiger partial charge is 0.145 e. The first kappa shape index (κ1) is 30.5. The molecule has 0 aromatic heterocycles. The van der Waals surface area contributed by atoms with Crippen LogP contribution in [-0.2, 0) is 0 Å². The molecule has 10 rings (SSSR count). The molecule has 10 aromatic rings. The van der Waals surface area contributed by atoms with Crippen LogP contribution in [0.2, 0.25) is 6.55 Å². The Kier molecular flexibility index (Phi) is 7.16. The summed E-state index contributed by atoms with van der Waals surface area (Å²) in [6.45, 7) is 2.54. The summed E-state index contributed by atoms with van der Waals surface area (Å²) in [5.41, 5.74) is 5.10. The van der Waals surface area contributed by atoms with Crippen molar-refractivity contribution in [2.24, 2.45) is 0 Å². The van der Waals surface area contributed by atoms with Gasteiger partial charge in [-0.2, -0.15) is 0 Å². The first-order valence-corrected chi connectivity index (χ1v) is 20.7. The average Bonchev–Trinajstić information content (AvgIpc) is 3.22. The topological polar surface area (TPSA) is 0 Å². The monoisotopic (exact) mass is 676 g/mol. The molecular weight excluding hydrogens is 641 g/mol. The number of hydrogen-bond donors (Lipinski definition) is 0. The van der Waals surface area contributed by atoms with Gasteiger partial charge in [-0.25, -0.2) is 0 Å². The molecule has 52 heavy (non-hydrogen) atoms. The van der Waals surface area contributed by atoms with Crippen LogP contribution in [-0.4, -0.2) is 8.07 Å². The van der Waals surface area contributed by atoms with Crippen LogP contribution < -0.4 is 15.6 Å². The van der Waals surface area contributed by atoms with Gasteiger partial charge in [-0.05, 0) is 97.7 Å². The fraction of sp³-hybridized carbons (Fsp3) is 0.0196. The zero-order valence-electron chi connectivity index (χ0n) is 29.1. The fourth-order valence-corrected chi connectivity index (χ4v) is 12.2. The highest BCUT2D eigenvalue weighted by molar-refractivity contribution is 7.10. The van der Waals surface area contributed by atoms with E-state index in [1.165, 1.54) is 91.7 Å². The summed E-state index contributed by atoms with van der Waals surface area (Å²) in [7, 11) is -2.50. The smallest absolute Gasteiger partial charge is 0.0622 e. The van der Waals surface area contributed by atoms with E-state index >= 15 is 0 Å². The number of hydrogen-bond acceptors (Lipinski definition) is 0. The molecule has 244 valence electrons. The van der Waals surface area contributed by atoms with E-state index in [-0.39, 0.29) is 0 Å². The van der Waals surface area contributed by atoms with E-state index in [1.54, 1.807) is 0 Å². The van der Waals surface area contributed by atoms with Crippen molar-refractivity contribution in [1.29, 1.82) is 0 Å². The van der Waals surface area contributed by atoms with Crippen molar-refractivity contribution in [3.8, 4) is 22.3 Å². The van der Waals surface area contributed by atoms with E-state index in [1.807, 2.05) is 0 Å². The lowest BCUT2D eigenvalue weighted by Crippen LogP contribution is -2.64. The van der Waals surface area contributed by atoms with E-state index in [4.69, 9.17) is 0 Å². The van der Waals surface area contributed by atoms with E-state index < -0.39 is 8.07 Å². The van der Waals surface area contributed by atoms with Crippen molar-refractivity contribution >= 4 is 77.5 Å². The minimum atomic E-state index is -2.50. The van der Waals surface area contributed by atoms with Crippen molar-refractivity contribution in [2.75, 3.05) is 0 Å². The van der Waals surface area contributed by atoms with Crippen LogP contribution >= 0.6 is 0 Å². The van der Waals surface area contributed by atoms with Gasteiger partial charge in [0.1, 0.15) is 8.07 Å². The third-order valence-corrected chi connectivity index (χ3v) is 15.7. The van der Waals surface area contributed by atoms with E-state index in [2.05, 4.69) is 207 Å². The first-order chi connectivity index (χ1) is 25.6. The molecule has 0 unspecified atom stereocenters. The highest BCUT2D eigenvalue weighted by atomic mass is 28.3. The molecular formula is C51H36Si. The van der Waals surface area contributed by atoms with Gasteiger partial charge in [0.05, 0.1) is 0 Å². The second kappa shape index (κ2) is 12.2. The maximum Gasteiger partial charge on any atom is 0.145 e. The minimum Gasteiger partial charge on any atom is -0.0622 e. The molecule has 0 bridgehead atoms. The molecule has 0 heterocycles. The van der Waals surface area contributed by atoms with Gasteiger partial charge in [0.15, 0.2) is 0 Å². The predicted octanol–water partition coefficient (Wildman–Crippen LogP) is 11.9. The van der Waals surface area contributed by atoms with Crippen LogP contribution in [0.5, 0.6) is 0 Å². The highest BCUT2D eigenvalue weighted by Crippen LogP contribution is 2.44. The summed E-state index contributed by atoms with van der Waals surface area (Å²) in [6, 6.07) is 74.9. The van der Waals surface area contributed by atoms with Gasteiger partial charge in [-0.3, -0.25) is 0 Å². The van der Waals surface area contributed by atoms with Crippen LogP contribution in [0.1, 0.15) is 0 Å². The molecule has 0 fully saturated rings. The SMILES string of the molecule is C[Si](c1cccc(-c2c3ccccc3c(-c3ccc4ccccc4c3)c3ccccc23)c1)(c1ccc2ccccc2c1)c1ccc2ccccc2c1. The van der Waals surface area contributed by atoms with E-state index in [9.17, 15) is 0 Å². The summed E-state index contributed by atoms with van der Waals surface area (Å²) in [5.74, 6) is 0. The van der Waals surface area contributed by atoms with Crippen LogP contribution in [0.3, 0.4) is 0 Å². The maximum absolute atomic E-state index is 2.54. The van der Waals surface area contributed by atoms with Crippen molar-refractivity contribution in [1.82, 2.24) is 0 Å². The summed E-state index contributed by atoms with van der Waals surface area (Å²) in [6.07, 6.45) is 0. The molecule has 0 saturated carbocycles. The standard InChI is InChI=1S/C51H36Si/c1-52(44-29-27-36-14-3-6-17-39(36)32-44,45-30-28-37-15-4-7-18-40(37)33-45)43-20-12-19-41(34-43)50-46-21-8-10-23-48(46)51(49-24-11-9-22-47(49)50)42-26-25-35-13-2-5-16-38(35)31-42/h2-34H,1H3. The van der Waals surface area contributed by atoms with Crippen LogP contribution in [0.4, 0.5) is 0 Å². The second-order valence-corrected chi connectivity index (χ2v) is 18.2. The normalized spacial score (nSPS) is 11.9. The number of rotatable bonds is 5. The maximum atomic E-state index is 2.54. The van der Waals surface area contributed by atoms with Crippen molar-refractivity contribution in [3.05, 3.63) is 200 Å². The van der Waals surface area contributed by atoms with Crippen molar-refractivity contribution in [3.63, 3.8) is 0 Å². The third-order valence-electron chi connectivity index (χ3n) is 11.4. The summed E-state index contributed by atoms with van der Waals surface area (Å²) >= 11 is 0. The predicted molar refractivity (Wildman–Crippen MR) is 228 cm³/mol. The molecule has 0 nitrogen and oxygen atoms in total. The molecule has 0 aliphatic rings. The Bertz CT molecular complexity index is 2850. The lowest BCUT2D eigenvalue weighted by molar-refractivity contribution is 1.66. The van der Waals surface area contributed by atoms with Gasteiger partial charge >= 0.3 is 0 Å². The summed E-state index contributed by atoms with van der Waals surface area (Å²) in [5, 5.41) is 17.0. The first-order valence-electron chi connectivity index (χ1n) is 18.2. The Hall–Kier alpha value is -6.28. The molecule has 0 atom stereocenters. The van der Waals surface area contributed by atoms with Gasteiger partial charge in [0.2, 0.25) is 0 Å². The molecule has 0 amide bonds.